The van der Waals surface area contributed by atoms with Crippen LogP contribution in [-0.4, -0.2) is 9.97 Å². The number of benzene rings is 1. The Morgan fingerprint density at radius 2 is 2.18 bits per heavy atom. The molecule has 88 valence electrons. The van der Waals surface area contributed by atoms with E-state index in [-0.39, 0.29) is 5.82 Å². The lowest BCUT2D eigenvalue weighted by molar-refractivity contribution is 0.620. The van der Waals surface area contributed by atoms with Crippen molar-refractivity contribution >= 4 is 33.4 Å². The van der Waals surface area contributed by atoms with Gasteiger partial charge in [-0.15, -0.1) is 0 Å². The number of hydrogen-bond acceptors (Lipinski definition) is 4. The number of nitrogens with two attached hydrogens (primary N) is 1. The molecule has 3 nitrogen and oxygen atoms in total. The minimum atomic E-state index is -0.378. The molecule has 0 atom stereocenters. The molecule has 1 aromatic carbocycles. The van der Waals surface area contributed by atoms with Crippen molar-refractivity contribution < 1.29 is 4.39 Å². The second-order valence-electron chi connectivity index (χ2n) is 3.39. The summed E-state index contributed by atoms with van der Waals surface area (Å²) in [6.45, 7) is 1.88. The molecule has 0 aliphatic carbocycles. The van der Waals surface area contributed by atoms with E-state index in [9.17, 15) is 4.39 Å². The van der Waals surface area contributed by atoms with Crippen LogP contribution in [0.15, 0.2) is 38.9 Å². The highest BCUT2D eigenvalue weighted by Gasteiger charge is 2.09. The Bertz CT molecular complexity index is 562. The second kappa shape index (κ2) is 5.01. The lowest BCUT2D eigenvalue weighted by atomic mass is 10.3. The van der Waals surface area contributed by atoms with Gasteiger partial charge in [0.2, 0.25) is 0 Å². The predicted molar refractivity (Wildman–Crippen MR) is 69.4 cm³/mol. The Labute approximate surface area is 111 Å². The summed E-state index contributed by atoms with van der Waals surface area (Å²) in [5.41, 5.74) is 6.99. The summed E-state index contributed by atoms with van der Waals surface area (Å²) in [4.78, 5) is 9.09. The maximum absolute atomic E-state index is 13.2. The molecule has 17 heavy (non-hydrogen) atoms. The van der Waals surface area contributed by atoms with Gasteiger partial charge in [-0.3, -0.25) is 0 Å². The largest absolute Gasteiger partial charge is 0.398 e. The average Bonchev–Trinajstić information content (AvgIpc) is 2.26. The van der Waals surface area contributed by atoms with Crippen molar-refractivity contribution in [1.82, 2.24) is 9.97 Å². The van der Waals surface area contributed by atoms with E-state index in [1.54, 1.807) is 12.3 Å². The van der Waals surface area contributed by atoms with Crippen molar-refractivity contribution in [2.45, 2.75) is 17.0 Å². The van der Waals surface area contributed by atoms with Crippen LogP contribution in [0.25, 0.3) is 0 Å². The van der Waals surface area contributed by atoms with E-state index in [1.165, 1.54) is 17.8 Å². The SMILES string of the molecule is Cc1ccnc(Sc2cc(Br)c(F)cc2N)n1. The molecule has 0 fully saturated rings. The number of anilines is 1. The summed E-state index contributed by atoms with van der Waals surface area (Å²) in [7, 11) is 0. The molecule has 0 amide bonds. The van der Waals surface area contributed by atoms with E-state index in [0.29, 0.717) is 15.3 Å². The zero-order valence-electron chi connectivity index (χ0n) is 8.95. The summed E-state index contributed by atoms with van der Waals surface area (Å²) in [6.07, 6.45) is 1.68. The Kier molecular flexibility index (Phi) is 3.63. The maximum Gasteiger partial charge on any atom is 0.192 e. The van der Waals surface area contributed by atoms with Crippen molar-refractivity contribution in [1.29, 1.82) is 0 Å². The van der Waals surface area contributed by atoms with Crippen LogP contribution in [0.4, 0.5) is 10.1 Å². The lowest BCUT2D eigenvalue weighted by Gasteiger charge is -2.06. The maximum atomic E-state index is 13.2. The van der Waals surface area contributed by atoms with Crippen LogP contribution in [0, 0.1) is 12.7 Å². The van der Waals surface area contributed by atoms with E-state index >= 15 is 0 Å². The number of hydrogen-bond donors (Lipinski definition) is 1. The van der Waals surface area contributed by atoms with Gasteiger partial charge in [0.25, 0.3) is 0 Å². The molecule has 0 aliphatic rings. The number of nitrogens with zero attached hydrogens (tertiary/aromatic N) is 2. The summed E-state index contributed by atoms with van der Waals surface area (Å²) in [6, 6.07) is 4.72. The predicted octanol–water partition coefficient (Wildman–Crippen LogP) is 3.42. The van der Waals surface area contributed by atoms with Crippen LogP contribution in [0.5, 0.6) is 0 Å². The molecule has 0 unspecified atom stereocenters. The van der Waals surface area contributed by atoms with Gasteiger partial charge < -0.3 is 5.73 Å². The van der Waals surface area contributed by atoms with Crippen LogP contribution in [0.2, 0.25) is 0 Å². The summed E-state index contributed by atoms with van der Waals surface area (Å²) in [5.74, 6) is -0.378. The molecular formula is C11H9BrFN3S. The standard InChI is InChI=1S/C11H9BrFN3S/c1-6-2-3-15-11(16-6)17-10-4-7(12)8(13)5-9(10)14/h2-5H,14H2,1H3. The molecule has 2 N–H and O–H groups in total. The highest BCUT2D eigenvalue weighted by atomic mass is 79.9. The molecule has 0 saturated carbocycles. The Morgan fingerprint density at radius 1 is 1.41 bits per heavy atom. The topological polar surface area (TPSA) is 51.8 Å². The highest BCUT2D eigenvalue weighted by molar-refractivity contribution is 9.10. The zero-order chi connectivity index (χ0) is 12.4. The Morgan fingerprint density at radius 3 is 2.88 bits per heavy atom. The molecule has 2 aromatic rings. The van der Waals surface area contributed by atoms with E-state index in [4.69, 9.17) is 5.73 Å². The monoisotopic (exact) mass is 313 g/mol. The van der Waals surface area contributed by atoms with Crippen molar-refractivity contribution in [3.05, 3.63) is 40.4 Å². The number of halogens is 2. The molecule has 0 aliphatic heterocycles. The van der Waals surface area contributed by atoms with Crippen LogP contribution < -0.4 is 5.73 Å². The number of nitrogen functional groups attached to an aromatic ring is 1. The third-order valence-electron chi connectivity index (χ3n) is 2.03. The quantitative estimate of drug-likeness (QED) is 0.682. The molecule has 6 heteroatoms. The van der Waals surface area contributed by atoms with Gasteiger partial charge in [0.1, 0.15) is 5.82 Å². The van der Waals surface area contributed by atoms with Crippen molar-refractivity contribution in [2.24, 2.45) is 0 Å². The Hall–Kier alpha value is -1.14. The van der Waals surface area contributed by atoms with Gasteiger partial charge in [-0.1, -0.05) is 0 Å². The van der Waals surface area contributed by atoms with Gasteiger partial charge in [0.15, 0.2) is 5.16 Å². The van der Waals surface area contributed by atoms with Gasteiger partial charge in [0, 0.05) is 22.5 Å². The van der Waals surface area contributed by atoms with E-state index in [2.05, 4.69) is 25.9 Å². The first kappa shape index (κ1) is 12.3. The van der Waals surface area contributed by atoms with Gasteiger partial charge in [-0.25, -0.2) is 14.4 Å². The fraction of sp³-hybridized carbons (Fsp3) is 0.0909. The molecule has 2 rings (SSSR count). The first-order valence-corrected chi connectivity index (χ1v) is 6.39. The lowest BCUT2D eigenvalue weighted by Crippen LogP contribution is -1.93. The fourth-order valence-electron chi connectivity index (χ4n) is 1.21. The fourth-order valence-corrected chi connectivity index (χ4v) is 2.55. The minimum Gasteiger partial charge on any atom is -0.398 e. The summed E-state index contributed by atoms with van der Waals surface area (Å²) >= 11 is 4.43. The number of aryl methyl sites for hydroxylation is 1. The first-order valence-electron chi connectivity index (χ1n) is 4.78. The summed E-state index contributed by atoms with van der Waals surface area (Å²) in [5, 5.41) is 0.593. The van der Waals surface area contributed by atoms with Crippen molar-refractivity contribution in [3.8, 4) is 0 Å². The second-order valence-corrected chi connectivity index (χ2v) is 5.25. The zero-order valence-corrected chi connectivity index (χ0v) is 11.3. The van der Waals surface area contributed by atoms with Gasteiger partial charge >= 0.3 is 0 Å². The first-order chi connectivity index (χ1) is 8.06. The molecule has 0 radical (unpaired) electrons. The van der Waals surface area contributed by atoms with E-state index in [0.717, 1.165) is 10.6 Å². The average molecular weight is 314 g/mol. The van der Waals surface area contributed by atoms with Crippen LogP contribution >= 0.6 is 27.7 Å². The van der Waals surface area contributed by atoms with Crippen molar-refractivity contribution in [2.75, 3.05) is 5.73 Å². The van der Waals surface area contributed by atoms with Crippen LogP contribution in [0.1, 0.15) is 5.69 Å². The minimum absolute atomic E-state index is 0.376. The summed E-state index contributed by atoms with van der Waals surface area (Å²) < 4.78 is 13.6. The molecule has 0 spiro atoms. The number of aromatic nitrogens is 2. The smallest absolute Gasteiger partial charge is 0.192 e. The van der Waals surface area contributed by atoms with Gasteiger partial charge in [0.05, 0.1) is 4.47 Å². The van der Waals surface area contributed by atoms with Crippen LogP contribution in [0.3, 0.4) is 0 Å². The third-order valence-corrected chi connectivity index (χ3v) is 3.59. The van der Waals surface area contributed by atoms with E-state index < -0.39 is 0 Å². The Balaban J connectivity index is 2.33. The molecule has 1 heterocycles. The van der Waals surface area contributed by atoms with Crippen LogP contribution in [-0.2, 0) is 0 Å². The number of rotatable bonds is 2. The van der Waals surface area contributed by atoms with Crippen molar-refractivity contribution in [3.63, 3.8) is 0 Å². The normalized spacial score (nSPS) is 10.5. The third kappa shape index (κ3) is 2.95. The van der Waals surface area contributed by atoms with Gasteiger partial charge in [-0.05, 0) is 52.8 Å². The van der Waals surface area contributed by atoms with E-state index in [1.807, 2.05) is 13.0 Å². The molecular weight excluding hydrogens is 305 g/mol. The molecule has 0 bridgehead atoms. The molecule has 1 aromatic heterocycles. The highest BCUT2D eigenvalue weighted by Crippen LogP contribution is 2.33. The van der Waals surface area contributed by atoms with Gasteiger partial charge in [-0.2, -0.15) is 0 Å². The molecule has 0 saturated heterocycles.